The Bertz CT molecular complexity index is 605. The van der Waals surface area contributed by atoms with Gasteiger partial charge in [0.25, 0.3) is 0 Å². The minimum Gasteiger partial charge on any atom is -0.444 e. The van der Waals surface area contributed by atoms with Gasteiger partial charge in [-0.05, 0) is 71.1 Å². The number of aliphatic hydroxyl groups is 1. The van der Waals surface area contributed by atoms with Crippen molar-refractivity contribution in [3.05, 3.63) is 11.6 Å². The molecule has 3 aliphatic rings. The van der Waals surface area contributed by atoms with Crippen LogP contribution in [0.4, 0.5) is 4.79 Å². The van der Waals surface area contributed by atoms with Crippen LogP contribution in [0.25, 0.3) is 0 Å². The van der Waals surface area contributed by atoms with E-state index in [1.165, 1.54) is 12.0 Å². The summed E-state index contributed by atoms with van der Waals surface area (Å²) in [7, 11) is 0. The lowest BCUT2D eigenvalue weighted by Crippen LogP contribution is -2.57. The first-order valence-electron chi connectivity index (χ1n) is 11.3. The number of fused-ring (bicyclic) bond motifs is 2. The Morgan fingerprint density at radius 3 is 2.69 bits per heavy atom. The van der Waals surface area contributed by atoms with Gasteiger partial charge in [-0.2, -0.15) is 0 Å². The molecule has 166 valence electrons. The maximum absolute atomic E-state index is 11.9. The van der Waals surface area contributed by atoms with Crippen LogP contribution < -0.4 is 5.32 Å². The summed E-state index contributed by atoms with van der Waals surface area (Å²) < 4.78 is 18.0. The first-order valence-corrected chi connectivity index (χ1v) is 11.3. The number of alkyl carbamates (subject to hydrolysis) is 1. The van der Waals surface area contributed by atoms with E-state index in [0.29, 0.717) is 31.6 Å². The first-order chi connectivity index (χ1) is 13.7. The van der Waals surface area contributed by atoms with E-state index < -0.39 is 11.4 Å². The van der Waals surface area contributed by atoms with Gasteiger partial charge in [-0.15, -0.1) is 0 Å². The highest BCUT2D eigenvalue weighted by atomic mass is 16.7. The minimum atomic E-state index is -0.550. The molecule has 3 rings (SSSR count). The van der Waals surface area contributed by atoms with Crippen molar-refractivity contribution in [1.29, 1.82) is 0 Å². The predicted molar refractivity (Wildman–Crippen MR) is 111 cm³/mol. The highest BCUT2D eigenvalue weighted by molar-refractivity contribution is 5.67. The monoisotopic (exact) mass is 409 g/mol. The smallest absolute Gasteiger partial charge is 0.407 e. The van der Waals surface area contributed by atoms with Gasteiger partial charge in [0.15, 0.2) is 5.79 Å². The zero-order valence-electron chi connectivity index (χ0n) is 18.6. The van der Waals surface area contributed by atoms with E-state index in [9.17, 15) is 9.90 Å². The molecule has 0 aromatic carbocycles. The zero-order chi connectivity index (χ0) is 21.1. The van der Waals surface area contributed by atoms with E-state index in [-0.39, 0.29) is 18.1 Å². The Morgan fingerprint density at radius 2 is 2.03 bits per heavy atom. The number of hydrogen-bond acceptors (Lipinski definition) is 5. The van der Waals surface area contributed by atoms with E-state index >= 15 is 0 Å². The second-order valence-corrected chi connectivity index (χ2v) is 9.99. The summed E-state index contributed by atoms with van der Waals surface area (Å²) in [5.41, 5.74) is 0.767. The fraction of sp³-hybridized carbons (Fsp3) is 0.870. The van der Waals surface area contributed by atoms with Crippen LogP contribution in [0.5, 0.6) is 0 Å². The summed E-state index contributed by atoms with van der Waals surface area (Å²) in [6.45, 7) is 9.96. The number of carbonyl (C=O) groups is 1. The average molecular weight is 410 g/mol. The summed E-state index contributed by atoms with van der Waals surface area (Å²) in [6.07, 6.45) is 8.58. The molecule has 2 N–H and O–H groups in total. The predicted octanol–water partition coefficient (Wildman–Crippen LogP) is 4.17. The van der Waals surface area contributed by atoms with Crippen LogP contribution in [-0.4, -0.2) is 49.0 Å². The summed E-state index contributed by atoms with van der Waals surface area (Å²) >= 11 is 0. The van der Waals surface area contributed by atoms with Crippen molar-refractivity contribution in [3.8, 4) is 0 Å². The molecule has 1 heterocycles. The molecule has 2 fully saturated rings. The van der Waals surface area contributed by atoms with Crippen molar-refractivity contribution >= 4 is 6.09 Å². The van der Waals surface area contributed by atoms with E-state index in [2.05, 4.69) is 18.3 Å². The second kappa shape index (κ2) is 8.94. The molecule has 0 bridgehead atoms. The number of allylic oxidation sites excluding steroid dienone is 1. The Morgan fingerprint density at radius 1 is 1.31 bits per heavy atom. The Labute approximate surface area is 175 Å². The molecule has 2 aliphatic carbocycles. The number of rotatable bonds is 7. The number of amides is 1. The highest BCUT2D eigenvalue weighted by Crippen LogP contribution is 2.64. The Kier molecular flexibility index (Phi) is 6.96. The molecule has 1 spiro atoms. The fourth-order valence-electron chi connectivity index (χ4n) is 5.84. The van der Waals surface area contributed by atoms with Crippen LogP contribution in [0.3, 0.4) is 0 Å². The van der Waals surface area contributed by atoms with Gasteiger partial charge >= 0.3 is 6.09 Å². The fourth-order valence-corrected chi connectivity index (χ4v) is 5.84. The van der Waals surface area contributed by atoms with Gasteiger partial charge in [0.05, 0.1) is 13.2 Å². The third-order valence-electron chi connectivity index (χ3n) is 6.68. The van der Waals surface area contributed by atoms with Gasteiger partial charge in [-0.25, -0.2) is 4.79 Å². The molecule has 1 amide bonds. The van der Waals surface area contributed by atoms with Gasteiger partial charge in [0.2, 0.25) is 0 Å². The van der Waals surface area contributed by atoms with Crippen molar-refractivity contribution in [2.75, 3.05) is 26.4 Å². The van der Waals surface area contributed by atoms with Crippen molar-refractivity contribution in [2.45, 2.75) is 84.0 Å². The highest BCUT2D eigenvalue weighted by Gasteiger charge is 2.64. The zero-order valence-corrected chi connectivity index (χ0v) is 18.6. The van der Waals surface area contributed by atoms with Gasteiger partial charge < -0.3 is 24.6 Å². The molecular formula is C23H39NO5. The van der Waals surface area contributed by atoms with Crippen LogP contribution in [0.2, 0.25) is 0 Å². The van der Waals surface area contributed by atoms with Gasteiger partial charge in [-0.1, -0.05) is 18.6 Å². The molecule has 6 nitrogen and oxygen atoms in total. The number of ether oxygens (including phenoxy) is 3. The van der Waals surface area contributed by atoms with Crippen molar-refractivity contribution in [2.24, 2.45) is 17.3 Å². The van der Waals surface area contributed by atoms with E-state index in [4.69, 9.17) is 14.2 Å². The van der Waals surface area contributed by atoms with Gasteiger partial charge in [0, 0.05) is 25.0 Å². The Hall–Kier alpha value is -1.11. The van der Waals surface area contributed by atoms with Crippen LogP contribution >= 0.6 is 0 Å². The minimum absolute atomic E-state index is 0.148. The maximum Gasteiger partial charge on any atom is 0.407 e. The third kappa shape index (κ3) is 4.64. The summed E-state index contributed by atoms with van der Waals surface area (Å²) in [6, 6.07) is 0. The molecule has 3 atom stereocenters. The molecule has 1 unspecified atom stereocenters. The molecule has 0 aromatic rings. The largest absolute Gasteiger partial charge is 0.444 e. The van der Waals surface area contributed by atoms with E-state index in [1.807, 2.05) is 20.8 Å². The van der Waals surface area contributed by atoms with Gasteiger partial charge in [-0.3, -0.25) is 0 Å². The standard InChI is InChI=1S/C23H39NO5/c1-17-15-19-9-8-18(7-5-11-24-20(26)29-21(2,3)4)22(19,10-6-12-25)23(16-17)27-13-14-28-23/h8,17,19,25H,5-7,9-16H2,1-4H3,(H,24,26)/t17-,19?,22-/m1/s1. The second-order valence-electron chi connectivity index (χ2n) is 9.99. The maximum atomic E-state index is 11.9. The lowest BCUT2D eigenvalue weighted by Gasteiger charge is -2.55. The SMILES string of the molecule is C[C@@H]1CC2CC=C(CCCNC(=O)OC(C)(C)C)[C@@]2(CCCO)C2(C1)OCCO2. The third-order valence-corrected chi connectivity index (χ3v) is 6.68. The first kappa shape index (κ1) is 22.6. The molecule has 1 aliphatic heterocycles. The van der Waals surface area contributed by atoms with Crippen LogP contribution in [0.1, 0.15) is 72.6 Å². The molecule has 29 heavy (non-hydrogen) atoms. The number of carbonyl (C=O) groups excluding carboxylic acids is 1. The number of hydrogen-bond donors (Lipinski definition) is 2. The normalized spacial score (nSPS) is 30.9. The molecule has 1 saturated heterocycles. The molecule has 0 aromatic heterocycles. The molecular weight excluding hydrogens is 370 g/mol. The number of aliphatic hydroxyl groups excluding tert-OH is 1. The lowest BCUT2D eigenvalue weighted by atomic mass is 9.56. The van der Waals surface area contributed by atoms with Crippen LogP contribution in [0.15, 0.2) is 11.6 Å². The quantitative estimate of drug-likeness (QED) is 0.487. The molecule has 1 saturated carbocycles. The summed E-state index contributed by atoms with van der Waals surface area (Å²) in [4.78, 5) is 11.9. The van der Waals surface area contributed by atoms with E-state index in [0.717, 1.165) is 38.5 Å². The van der Waals surface area contributed by atoms with Gasteiger partial charge in [0.1, 0.15) is 5.60 Å². The van der Waals surface area contributed by atoms with Crippen molar-refractivity contribution in [3.63, 3.8) is 0 Å². The average Bonchev–Trinajstić information content (AvgIpc) is 3.22. The lowest BCUT2D eigenvalue weighted by molar-refractivity contribution is -0.268. The molecule has 6 heteroatoms. The van der Waals surface area contributed by atoms with Crippen molar-refractivity contribution < 1.29 is 24.1 Å². The van der Waals surface area contributed by atoms with Crippen LogP contribution in [-0.2, 0) is 14.2 Å². The van der Waals surface area contributed by atoms with Crippen LogP contribution in [0, 0.1) is 17.3 Å². The summed E-state index contributed by atoms with van der Waals surface area (Å²) in [5.74, 6) is 0.525. The topological polar surface area (TPSA) is 77.0 Å². The number of nitrogens with one attached hydrogen (secondary N) is 1. The molecule has 0 radical (unpaired) electrons. The van der Waals surface area contributed by atoms with Crippen molar-refractivity contribution in [1.82, 2.24) is 5.32 Å². The Balaban J connectivity index is 1.68. The van der Waals surface area contributed by atoms with E-state index in [1.54, 1.807) is 0 Å². The summed E-state index contributed by atoms with van der Waals surface area (Å²) in [5, 5.41) is 12.5.